The third-order valence-electron chi connectivity index (χ3n) is 2.88. The van der Waals surface area contributed by atoms with Crippen LogP contribution in [0.5, 0.6) is 0 Å². The third-order valence-corrected chi connectivity index (χ3v) is 2.88. The number of anilines is 1. The van der Waals surface area contributed by atoms with E-state index in [0.29, 0.717) is 5.95 Å². The predicted molar refractivity (Wildman–Crippen MR) is 63.9 cm³/mol. The molecule has 2 heterocycles. The van der Waals surface area contributed by atoms with Gasteiger partial charge in [0, 0.05) is 32.5 Å². The molecular formula is C11H16N4O3. The van der Waals surface area contributed by atoms with Crippen molar-refractivity contribution < 1.29 is 15.0 Å². The molecule has 1 fully saturated rings. The molecule has 0 spiro atoms. The molecule has 1 saturated heterocycles. The Balaban J connectivity index is 1.92. The van der Waals surface area contributed by atoms with E-state index in [4.69, 9.17) is 0 Å². The summed E-state index contributed by atoms with van der Waals surface area (Å²) < 4.78 is 0. The molecule has 1 aromatic heterocycles. The number of amides is 1. The van der Waals surface area contributed by atoms with Gasteiger partial charge < -0.3 is 20.0 Å². The van der Waals surface area contributed by atoms with Crippen LogP contribution in [0.25, 0.3) is 0 Å². The van der Waals surface area contributed by atoms with E-state index in [-0.39, 0.29) is 25.5 Å². The van der Waals surface area contributed by atoms with Crippen molar-refractivity contribution in [3.63, 3.8) is 0 Å². The second-order valence-corrected chi connectivity index (χ2v) is 4.34. The summed E-state index contributed by atoms with van der Waals surface area (Å²) in [5.41, 5.74) is 0. The van der Waals surface area contributed by atoms with Crippen molar-refractivity contribution in [3.8, 4) is 0 Å². The van der Waals surface area contributed by atoms with Gasteiger partial charge in [-0.05, 0) is 6.07 Å². The molecule has 0 aliphatic carbocycles. The quantitative estimate of drug-likeness (QED) is 0.679. The first kappa shape index (κ1) is 12.7. The molecule has 0 saturated carbocycles. The van der Waals surface area contributed by atoms with Crippen LogP contribution in [0.4, 0.5) is 5.95 Å². The highest BCUT2D eigenvalue weighted by atomic mass is 16.3. The van der Waals surface area contributed by atoms with Crippen LogP contribution in [0, 0.1) is 0 Å². The topological polar surface area (TPSA) is 89.8 Å². The number of aliphatic hydroxyl groups excluding tert-OH is 2. The Morgan fingerprint density at radius 3 is 2.50 bits per heavy atom. The van der Waals surface area contributed by atoms with E-state index in [1.165, 1.54) is 4.90 Å². The van der Waals surface area contributed by atoms with Gasteiger partial charge in [0.2, 0.25) is 11.9 Å². The smallest absolute Gasteiger partial charge is 0.242 e. The number of likely N-dealkylation sites (N-methyl/N-ethyl adjacent to an activating group) is 1. The molecule has 7 nitrogen and oxygen atoms in total. The normalized spacial score (nSPS) is 23.2. The Morgan fingerprint density at radius 2 is 1.94 bits per heavy atom. The Hall–Kier alpha value is -1.73. The minimum absolute atomic E-state index is 0.115. The van der Waals surface area contributed by atoms with Gasteiger partial charge in [0.25, 0.3) is 0 Å². The largest absolute Gasteiger partial charge is 0.388 e. The maximum Gasteiger partial charge on any atom is 0.242 e. The van der Waals surface area contributed by atoms with Gasteiger partial charge in [-0.3, -0.25) is 4.79 Å². The summed E-state index contributed by atoms with van der Waals surface area (Å²) in [4.78, 5) is 23.1. The number of carbonyl (C=O) groups is 1. The highest BCUT2D eigenvalue weighted by Crippen LogP contribution is 2.11. The lowest BCUT2D eigenvalue weighted by Gasteiger charge is -2.21. The van der Waals surface area contributed by atoms with Crippen molar-refractivity contribution in [2.45, 2.75) is 12.2 Å². The number of carbonyl (C=O) groups excluding carboxylic acids is 1. The fourth-order valence-corrected chi connectivity index (χ4v) is 1.84. The van der Waals surface area contributed by atoms with E-state index in [1.54, 1.807) is 30.4 Å². The van der Waals surface area contributed by atoms with Crippen molar-refractivity contribution in [1.82, 2.24) is 14.9 Å². The van der Waals surface area contributed by atoms with Crippen molar-refractivity contribution in [3.05, 3.63) is 18.5 Å². The molecule has 7 heteroatoms. The maximum atomic E-state index is 11.9. The van der Waals surface area contributed by atoms with Crippen LogP contribution in [0.2, 0.25) is 0 Å². The molecule has 1 aliphatic heterocycles. The van der Waals surface area contributed by atoms with Gasteiger partial charge in [-0.15, -0.1) is 0 Å². The zero-order valence-electron chi connectivity index (χ0n) is 10.1. The summed E-state index contributed by atoms with van der Waals surface area (Å²) in [6.07, 6.45) is 1.50. The molecule has 2 rings (SSSR count). The number of rotatable bonds is 3. The first-order valence-electron chi connectivity index (χ1n) is 5.70. The van der Waals surface area contributed by atoms with E-state index in [1.807, 2.05) is 0 Å². The van der Waals surface area contributed by atoms with Crippen molar-refractivity contribution in [2.24, 2.45) is 0 Å². The van der Waals surface area contributed by atoms with Gasteiger partial charge in [-0.1, -0.05) is 0 Å². The summed E-state index contributed by atoms with van der Waals surface area (Å²) in [5.74, 6) is 0.298. The SMILES string of the molecule is CN(CC(=O)N1C[C@@H](O)[C@@H](O)C1)c1ncccn1. The van der Waals surface area contributed by atoms with Crippen molar-refractivity contribution in [1.29, 1.82) is 0 Å². The van der Waals surface area contributed by atoms with Crippen molar-refractivity contribution in [2.75, 3.05) is 31.6 Å². The first-order valence-corrected chi connectivity index (χ1v) is 5.70. The zero-order valence-corrected chi connectivity index (χ0v) is 10.1. The molecule has 0 unspecified atom stereocenters. The molecule has 0 bridgehead atoms. The second kappa shape index (κ2) is 5.28. The summed E-state index contributed by atoms with van der Waals surface area (Å²) in [6, 6.07) is 1.70. The summed E-state index contributed by atoms with van der Waals surface area (Å²) >= 11 is 0. The van der Waals surface area contributed by atoms with Crippen LogP contribution >= 0.6 is 0 Å². The van der Waals surface area contributed by atoms with E-state index >= 15 is 0 Å². The molecule has 1 amide bonds. The Labute approximate surface area is 105 Å². The molecule has 2 N–H and O–H groups in total. The van der Waals surface area contributed by atoms with E-state index in [2.05, 4.69) is 9.97 Å². The molecule has 0 radical (unpaired) electrons. The van der Waals surface area contributed by atoms with Gasteiger partial charge in [0.15, 0.2) is 0 Å². The van der Waals surface area contributed by atoms with Crippen LogP contribution in [-0.2, 0) is 4.79 Å². The van der Waals surface area contributed by atoms with Gasteiger partial charge in [0.1, 0.15) is 0 Å². The average Bonchev–Trinajstić information content (AvgIpc) is 2.71. The number of nitrogens with zero attached hydrogens (tertiary/aromatic N) is 4. The summed E-state index contributed by atoms with van der Waals surface area (Å²) in [6.45, 7) is 0.455. The van der Waals surface area contributed by atoms with Crippen LogP contribution in [0.1, 0.15) is 0 Å². The molecule has 2 atom stereocenters. The lowest BCUT2D eigenvalue weighted by atomic mass is 10.3. The summed E-state index contributed by atoms with van der Waals surface area (Å²) in [7, 11) is 1.72. The van der Waals surface area contributed by atoms with Crippen LogP contribution < -0.4 is 4.90 Å². The van der Waals surface area contributed by atoms with E-state index in [0.717, 1.165) is 0 Å². The third kappa shape index (κ3) is 2.74. The number of hydrogen-bond donors (Lipinski definition) is 2. The van der Waals surface area contributed by atoms with Crippen LogP contribution in [-0.4, -0.2) is 69.9 Å². The van der Waals surface area contributed by atoms with Gasteiger partial charge in [0.05, 0.1) is 18.8 Å². The monoisotopic (exact) mass is 252 g/mol. The molecular weight excluding hydrogens is 236 g/mol. The highest BCUT2D eigenvalue weighted by molar-refractivity contribution is 5.81. The number of hydrogen-bond acceptors (Lipinski definition) is 6. The fourth-order valence-electron chi connectivity index (χ4n) is 1.84. The lowest BCUT2D eigenvalue weighted by Crippen LogP contribution is -2.38. The molecule has 1 aliphatic rings. The van der Waals surface area contributed by atoms with Gasteiger partial charge in [-0.25, -0.2) is 9.97 Å². The van der Waals surface area contributed by atoms with E-state index < -0.39 is 12.2 Å². The maximum absolute atomic E-state index is 11.9. The zero-order chi connectivity index (χ0) is 13.1. The molecule has 18 heavy (non-hydrogen) atoms. The Kier molecular flexibility index (Phi) is 3.73. The van der Waals surface area contributed by atoms with E-state index in [9.17, 15) is 15.0 Å². The highest BCUT2D eigenvalue weighted by Gasteiger charge is 2.32. The summed E-state index contributed by atoms with van der Waals surface area (Å²) in [5, 5.41) is 18.8. The Morgan fingerprint density at radius 1 is 1.39 bits per heavy atom. The van der Waals surface area contributed by atoms with Crippen molar-refractivity contribution >= 4 is 11.9 Å². The predicted octanol–water partition coefficient (Wildman–Crippen LogP) is -1.52. The fraction of sp³-hybridized carbons (Fsp3) is 0.545. The lowest BCUT2D eigenvalue weighted by molar-refractivity contribution is -0.129. The number of aliphatic hydroxyl groups is 2. The molecule has 98 valence electrons. The average molecular weight is 252 g/mol. The Bertz CT molecular complexity index is 404. The minimum Gasteiger partial charge on any atom is -0.388 e. The first-order chi connectivity index (χ1) is 8.58. The number of β-amino-alcohol motifs (C(OH)–C–C–N with tert-alkyl or cyclic N) is 2. The number of likely N-dealkylation sites (tertiary alicyclic amines) is 1. The standard InChI is InChI=1S/C11H16N4O3/c1-14(11-12-3-2-4-13-11)7-10(18)15-5-8(16)9(17)6-15/h2-4,8-9,16-17H,5-7H2,1H3/t8-,9+. The van der Waals surface area contributed by atoms with Crippen LogP contribution in [0.15, 0.2) is 18.5 Å². The van der Waals surface area contributed by atoms with Gasteiger partial charge in [-0.2, -0.15) is 0 Å². The molecule has 1 aromatic rings. The van der Waals surface area contributed by atoms with Crippen LogP contribution in [0.3, 0.4) is 0 Å². The second-order valence-electron chi connectivity index (χ2n) is 4.34. The minimum atomic E-state index is -0.854. The molecule has 0 aromatic carbocycles. The number of aromatic nitrogens is 2. The van der Waals surface area contributed by atoms with Gasteiger partial charge >= 0.3 is 0 Å².